The number of aromatic nitrogens is 2. The van der Waals surface area contributed by atoms with E-state index in [9.17, 15) is 23.1 Å². The molecule has 1 fully saturated rings. The third-order valence-corrected chi connectivity index (χ3v) is 6.46. The van der Waals surface area contributed by atoms with Crippen LogP contribution in [0.5, 0.6) is 0 Å². The zero-order valence-corrected chi connectivity index (χ0v) is 19.1. The van der Waals surface area contributed by atoms with E-state index < -0.39 is 17.7 Å². The average molecular weight is 460 g/mol. The van der Waals surface area contributed by atoms with E-state index in [1.54, 1.807) is 13.0 Å². The second kappa shape index (κ2) is 8.08. The number of nitrogens with zero attached hydrogens (tertiary/aromatic N) is 2. The van der Waals surface area contributed by atoms with Crippen molar-refractivity contribution >= 4 is 28.6 Å². The Morgan fingerprint density at radius 3 is 2.42 bits per heavy atom. The third-order valence-electron chi connectivity index (χ3n) is 6.46. The van der Waals surface area contributed by atoms with Crippen LogP contribution in [0.25, 0.3) is 11.0 Å². The first-order valence-electron chi connectivity index (χ1n) is 11.0. The molecule has 0 spiro atoms. The van der Waals surface area contributed by atoms with Crippen molar-refractivity contribution < 1.29 is 23.1 Å². The van der Waals surface area contributed by atoms with Crippen molar-refractivity contribution in [3.63, 3.8) is 0 Å². The molecule has 4 rings (SSSR count). The van der Waals surface area contributed by atoms with Crippen LogP contribution in [-0.4, -0.2) is 20.6 Å². The lowest BCUT2D eigenvalue weighted by Gasteiger charge is -2.40. The summed E-state index contributed by atoms with van der Waals surface area (Å²) >= 11 is 0. The molecule has 1 aromatic heterocycles. The Hall–Kier alpha value is -3.03. The summed E-state index contributed by atoms with van der Waals surface area (Å²) in [7, 11) is 0. The Morgan fingerprint density at radius 2 is 1.85 bits per heavy atom. The number of rotatable bonds is 4. The smallest absolute Gasteiger partial charge is 0.416 e. The normalized spacial score (nSPS) is 20.7. The van der Waals surface area contributed by atoms with Crippen LogP contribution >= 0.6 is 0 Å². The van der Waals surface area contributed by atoms with E-state index in [1.807, 2.05) is 6.07 Å². The number of aromatic carboxylic acids is 1. The number of carboxylic acid groups (broad SMARTS) is 1. The van der Waals surface area contributed by atoms with Crippen molar-refractivity contribution in [1.82, 2.24) is 9.55 Å². The van der Waals surface area contributed by atoms with Crippen molar-refractivity contribution in [2.45, 2.75) is 59.2 Å². The van der Waals surface area contributed by atoms with Crippen molar-refractivity contribution in [3.05, 3.63) is 53.1 Å². The number of halogens is 3. The van der Waals surface area contributed by atoms with Crippen LogP contribution in [0.1, 0.15) is 67.6 Å². The lowest BCUT2D eigenvalue weighted by molar-refractivity contribution is -0.137. The van der Waals surface area contributed by atoms with Gasteiger partial charge in [0, 0.05) is 11.7 Å². The standard InChI is InChI=1S/C25H28F3N3O2/c1-14-9-18(13-24(3,4)12-14)31-21-10-15(2)19(22(32)33)11-20(21)30-23(31)29-17-7-5-16(6-8-17)25(26,27)28/h5-8,10-11,14,18H,9,12-13H2,1-4H3,(H,29,30)(H,32,33). The summed E-state index contributed by atoms with van der Waals surface area (Å²) in [5.74, 6) is -0.0234. The van der Waals surface area contributed by atoms with Gasteiger partial charge in [0.05, 0.1) is 22.2 Å². The maximum atomic E-state index is 13.0. The number of anilines is 2. The van der Waals surface area contributed by atoms with Crippen LogP contribution in [0.4, 0.5) is 24.8 Å². The van der Waals surface area contributed by atoms with Gasteiger partial charge in [0.1, 0.15) is 0 Å². The van der Waals surface area contributed by atoms with E-state index in [2.05, 4.69) is 35.6 Å². The highest BCUT2D eigenvalue weighted by molar-refractivity contribution is 5.95. The van der Waals surface area contributed by atoms with Crippen molar-refractivity contribution in [1.29, 1.82) is 0 Å². The molecule has 176 valence electrons. The van der Waals surface area contributed by atoms with E-state index in [0.29, 0.717) is 28.6 Å². The molecule has 1 heterocycles. The van der Waals surface area contributed by atoms with Gasteiger partial charge in [0.25, 0.3) is 0 Å². The Kier molecular flexibility index (Phi) is 5.66. The van der Waals surface area contributed by atoms with Gasteiger partial charge in [-0.3, -0.25) is 0 Å². The third kappa shape index (κ3) is 4.70. The zero-order valence-electron chi connectivity index (χ0n) is 19.1. The summed E-state index contributed by atoms with van der Waals surface area (Å²) in [6.45, 7) is 8.47. The van der Waals surface area contributed by atoms with Gasteiger partial charge in [-0.2, -0.15) is 13.2 Å². The highest BCUT2D eigenvalue weighted by Gasteiger charge is 2.35. The summed E-state index contributed by atoms with van der Waals surface area (Å²) < 4.78 is 41.0. The number of benzene rings is 2. The van der Waals surface area contributed by atoms with Crippen LogP contribution in [0.15, 0.2) is 36.4 Å². The lowest BCUT2D eigenvalue weighted by atomic mass is 9.70. The van der Waals surface area contributed by atoms with E-state index in [-0.39, 0.29) is 17.0 Å². The highest BCUT2D eigenvalue weighted by Crippen LogP contribution is 2.46. The van der Waals surface area contributed by atoms with E-state index in [0.717, 1.165) is 36.9 Å². The van der Waals surface area contributed by atoms with Crippen LogP contribution < -0.4 is 5.32 Å². The molecule has 8 heteroatoms. The van der Waals surface area contributed by atoms with E-state index in [4.69, 9.17) is 0 Å². The monoisotopic (exact) mass is 459 g/mol. The zero-order chi connectivity index (χ0) is 24.1. The molecule has 33 heavy (non-hydrogen) atoms. The SMILES string of the molecule is Cc1cc2c(cc1C(=O)O)nc(Nc1ccc(C(F)(F)F)cc1)n2C1CC(C)CC(C)(C)C1. The molecular weight excluding hydrogens is 431 g/mol. The molecule has 0 radical (unpaired) electrons. The van der Waals surface area contributed by atoms with Gasteiger partial charge in [-0.1, -0.05) is 20.8 Å². The van der Waals surface area contributed by atoms with Gasteiger partial charge in [-0.05, 0) is 79.5 Å². The van der Waals surface area contributed by atoms with Crippen molar-refractivity contribution in [2.75, 3.05) is 5.32 Å². The summed E-state index contributed by atoms with van der Waals surface area (Å²) in [5, 5.41) is 12.7. The number of nitrogens with one attached hydrogen (secondary N) is 1. The van der Waals surface area contributed by atoms with Crippen molar-refractivity contribution in [2.24, 2.45) is 11.3 Å². The first-order chi connectivity index (χ1) is 15.3. The molecule has 0 aliphatic heterocycles. The largest absolute Gasteiger partial charge is 0.478 e. The van der Waals surface area contributed by atoms with Crippen molar-refractivity contribution in [3.8, 4) is 0 Å². The molecule has 2 aromatic carbocycles. The summed E-state index contributed by atoms with van der Waals surface area (Å²) in [6, 6.07) is 8.37. The van der Waals surface area contributed by atoms with Gasteiger partial charge in [0.2, 0.25) is 5.95 Å². The number of carbonyl (C=O) groups is 1. The fourth-order valence-electron chi connectivity index (χ4n) is 5.30. The van der Waals surface area contributed by atoms with Gasteiger partial charge in [-0.15, -0.1) is 0 Å². The number of aryl methyl sites for hydroxylation is 1. The number of hydrogen-bond acceptors (Lipinski definition) is 3. The molecule has 2 atom stereocenters. The molecule has 3 aromatic rings. The summed E-state index contributed by atoms with van der Waals surface area (Å²) in [4.78, 5) is 16.3. The number of hydrogen-bond donors (Lipinski definition) is 2. The predicted molar refractivity (Wildman–Crippen MR) is 122 cm³/mol. The van der Waals surface area contributed by atoms with Gasteiger partial charge < -0.3 is 15.0 Å². The Labute approximate surface area is 190 Å². The maximum Gasteiger partial charge on any atom is 0.416 e. The molecular formula is C25H28F3N3O2. The fraction of sp³-hybridized carbons (Fsp3) is 0.440. The minimum atomic E-state index is -4.40. The molecule has 1 saturated carbocycles. The van der Waals surface area contributed by atoms with E-state index >= 15 is 0 Å². The summed E-state index contributed by atoms with van der Waals surface area (Å²) in [5.41, 5.74) is 2.08. The Morgan fingerprint density at radius 1 is 1.18 bits per heavy atom. The number of alkyl halides is 3. The van der Waals surface area contributed by atoms with Crippen LogP contribution in [0.2, 0.25) is 0 Å². The first-order valence-corrected chi connectivity index (χ1v) is 11.0. The number of carboxylic acids is 1. The number of fused-ring (bicyclic) bond motifs is 1. The van der Waals surface area contributed by atoms with E-state index in [1.165, 1.54) is 12.1 Å². The molecule has 2 N–H and O–H groups in total. The second-order valence-electron chi connectivity index (χ2n) is 10.0. The first kappa shape index (κ1) is 23.1. The second-order valence-corrected chi connectivity index (χ2v) is 10.0. The van der Waals surface area contributed by atoms with Crippen LogP contribution in [-0.2, 0) is 6.18 Å². The van der Waals surface area contributed by atoms with Gasteiger partial charge >= 0.3 is 12.1 Å². The maximum absolute atomic E-state index is 13.0. The van der Waals surface area contributed by atoms with Gasteiger partial charge in [0.15, 0.2) is 0 Å². The molecule has 0 bridgehead atoms. The molecule has 1 aliphatic rings. The molecule has 1 aliphatic carbocycles. The highest BCUT2D eigenvalue weighted by atomic mass is 19.4. The molecule has 0 amide bonds. The minimum absolute atomic E-state index is 0.126. The minimum Gasteiger partial charge on any atom is -0.478 e. The fourth-order valence-corrected chi connectivity index (χ4v) is 5.30. The molecule has 5 nitrogen and oxygen atoms in total. The lowest BCUT2D eigenvalue weighted by Crippen LogP contribution is -2.29. The Bertz CT molecular complexity index is 1200. The topological polar surface area (TPSA) is 67.2 Å². The van der Waals surface area contributed by atoms with Crippen LogP contribution in [0.3, 0.4) is 0 Å². The quantitative estimate of drug-likeness (QED) is 0.433. The molecule has 0 saturated heterocycles. The average Bonchev–Trinajstić information content (AvgIpc) is 3.02. The van der Waals surface area contributed by atoms with Crippen LogP contribution in [0, 0.1) is 18.3 Å². The molecule has 2 unspecified atom stereocenters. The van der Waals surface area contributed by atoms with Gasteiger partial charge in [-0.25, -0.2) is 9.78 Å². The summed E-state index contributed by atoms with van der Waals surface area (Å²) in [6.07, 6.45) is -1.43. The predicted octanol–water partition coefficient (Wildman–Crippen LogP) is 7.19. The Balaban J connectivity index is 1.82. The number of imidazole rings is 1.